The minimum Gasteiger partial charge on any atom is -0.504 e. The largest absolute Gasteiger partial charge is 0.504 e. The van der Waals surface area contributed by atoms with Gasteiger partial charge in [0.2, 0.25) is 0 Å². The summed E-state index contributed by atoms with van der Waals surface area (Å²) in [7, 11) is 0. The molecule has 2 N–H and O–H groups in total. The van der Waals surface area contributed by atoms with Gasteiger partial charge in [-0.05, 0) is 29.8 Å². The number of phenols is 2. The molecule has 2 rings (SSSR count). The van der Waals surface area contributed by atoms with Crippen LogP contribution in [-0.2, 0) is 0 Å². The molecule has 0 radical (unpaired) electrons. The third kappa shape index (κ3) is 2.90. The SMILES string of the molecule is O=[N+]([O-])C(=Cc1ccc(O)c(O)c1)c1ccccc1. The van der Waals surface area contributed by atoms with E-state index in [2.05, 4.69) is 0 Å². The minimum absolute atomic E-state index is 0.0781. The summed E-state index contributed by atoms with van der Waals surface area (Å²) in [5.74, 6) is -0.580. The number of phenolic OH excluding ortho intramolecular Hbond substituents is 2. The summed E-state index contributed by atoms with van der Waals surface area (Å²) in [5.41, 5.74) is 0.830. The summed E-state index contributed by atoms with van der Waals surface area (Å²) in [4.78, 5) is 10.6. The van der Waals surface area contributed by atoms with Gasteiger partial charge in [0.25, 0.3) is 5.70 Å². The molecule has 5 heteroatoms. The second-order valence-electron chi connectivity index (χ2n) is 3.90. The van der Waals surface area contributed by atoms with Gasteiger partial charge in [-0.2, -0.15) is 0 Å². The highest BCUT2D eigenvalue weighted by Gasteiger charge is 2.13. The maximum absolute atomic E-state index is 11.1. The van der Waals surface area contributed by atoms with Crippen molar-refractivity contribution in [2.24, 2.45) is 0 Å². The summed E-state index contributed by atoms with van der Waals surface area (Å²) in [6, 6.07) is 12.5. The van der Waals surface area contributed by atoms with Crippen molar-refractivity contribution in [3.63, 3.8) is 0 Å². The predicted molar refractivity (Wildman–Crippen MR) is 71.1 cm³/mol. The molecule has 96 valence electrons. The zero-order valence-corrected chi connectivity index (χ0v) is 9.85. The van der Waals surface area contributed by atoms with Gasteiger partial charge in [-0.1, -0.05) is 24.3 Å². The number of nitro groups is 1. The van der Waals surface area contributed by atoms with Crippen LogP contribution in [0.15, 0.2) is 48.5 Å². The van der Waals surface area contributed by atoms with Crippen molar-refractivity contribution in [3.05, 3.63) is 69.8 Å². The number of aromatic hydroxyl groups is 2. The van der Waals surface area contributed by atoms with E-state index in [1.54, 1.807) is 30.3 Å². The maximum atomic E-state index is 11.1. The van der Waals surface area contributed by atoms with E-state index >= 15 is 0 Å². The van der Waals surface area contributed by atoms with Crippen LogP contribution in [0.5, 0.6) is 11.5 Å². The van der Waals surface area contributed by atoms with Crippen molar-refractivity contribution in [3.8, 4) is 11.5 Å². The molecule has 2 aromatic carbocycles. The van der Waals surface area contributed by atoms with Crippen LogP contribution in [0, 0.1) is 10.1 Å². The van der Waals surface area contributed by atoms with E-state index in [1.807, 2.05) is 0 Å². The summed E-state index contributed by atoms with van der Waals surface area (Å²) < 4.78 is 0. The maximum Gasteiger partial charge on any atom is 0.277 e. The molecule has 0 amide bonds. The lowest BCUT2D eigenvalue weighted by Gasteiger charge is -2.01. The first kappa shape index (κ1) is 12.6. The number of rotatable bonds is 3. The van der Waals surface area contributed by atoms with Crippen molar-refractivity contribution in [2.45, 2.75) is 0 Å². The minimum atomic E-state index is -0.487. The van der Waals surface area contributed by atoms with Crippen LogP contribution in [-0.4, -0.2) is 15.1 Å². The van der Waals surface area contributed by atoms with Crippen LogP contribution in [0.3, 0.4) is 0 Å². The molecule has 0 saturated heterocycles. The predicted octanol–water partition coefficient (Wildman–Crippen LogP) is 2.87. The Bertz CT molecular complexity index is 635. The molecule has 0 bridgehead atoms. The van der Waals surface area contributed by atoms with Gasteiger partial charge in [-0.15, -0.1) is 0 Å². The number of hydrogen-bond donors (Lipinski definition) is 2. The molecular weight excluding hydrogens is 246 g/mol. The molecule has 0 aliphatic carbocycles. The topological polar surface area (TPSA) is 83.6 Å². The van der Waals surface area contributed by atoms with Gasteiger partial charge in [0.1, 0.15) is 0 Å². The van der Waals surface area contributed by atoms with Crippen molar-refractivity contribution in [2.75, 3.05) is 0 Å². The smallest absolute Gasteiger partial charge is 0.277 e. The van der Waals surface area contributed by atoms with E-state index in [4.69, 9.17) is 0 Å². The third-order valence-corrected chi connectivity index (χ3v) is 2.57. The molecule has 2 aromatic rings. The molecule has 0 unspecified atom stereocenters. The average molecular weight is 257 g/mol. The molecule has 0 aliphatic rings. The zero-order chi connectivity index (χ0) is 13.8. The Morgan fingerprint density at radius 1 is 1.05 bits per heavy atom. The standard InChI is InChI=1S/C14H11NO4/c16-13-7-6-10(9-14(13)17)8-12(15(18)19)11-4-2-1-3-5-11/h1-9,16-17H. The first-order valence-corrected chi connectivity index (χ1v) is 5.51. The van der Waals surface area contributed by atoms with Crippen LogP contribution in [0.25, 0.3) is 11.8 Å². The van der Waals surface area contributed by atoms with Gasteiger partial charge in [0, 0.05) is 6.08 Å². The van der Waals surface area contributed by atoms with E-state index in [0.717, 1.165) is 0 Å². The molecule has 0 heterocycles. The fraction of sp³-hybridized carbons (Fsp3) is 0. The Hall–Kier alpha value is -2.82. The second-order valence-corrected chi connectivity index (χ2v) is 3.90. The van der Waals surface area contributed by atoms with Crippen LogP contribution in [0.2, 0.25) is 0 Å². The molecule has 0 spiro atoms. The summed E-state index contributed by atoms with van der Waals surface area (Å²) >= 11 is 0. The highest BCUT2D eigenvalue weighted by molar-refractivity contribution is 5.77. The molecule has 0 atom stereocenters. The Labute approximate surface area is 109 Å². The average Bonchev–Trinajstić information content (AvgIpc) is 2.40. The Morgan fingerprint density at radius 2 is 1.74 bits per heavy atom. The Kier molecular flexibility index (Phi) is 3.47. The Morgan fingerprint density at radius 3 is 2.32 bits per heavy atom. The van der Waals surface area contributed by atoms with E-state index in [9.17, 15) is 20.3 Å². The number of nitrogens with zero attached hydrogens (tertiary/aromatic N) is 1. The highest BCUT2D eigenvalue weighted by Crippen LogP contribution is 2.27. The molecular formula is C14H11NO4. The monoisotopic (exact) mass is 257 g/mol. The van der Waals surface area contributed by atoms with E-state index in [0.29, 0.717) is 11.1 Å². The molecule has 0 aromatic heterocycles. The van der Waals surface area contributed by atoms with Gasteiger partial charge < -0.3 is 10.2 Å². The summed E-state index contributed by atoms with van der Waals surface area (Å²) in [5, 5.41) is 29.7. The third-order valence-electron chi connectivity index (χ3n) is 2.57. The normalized spacial score (nSPS) is 11.3. The van der Waals surface area contributed by atoms with Crippen molar-refractivity contribution in [1.82, 2.24) is 0 Å². The lowest BCUT2D eigenvalue weighted by atomic mass is 10.1. The van der Waals surface area contributed by atoms with Gasteiger partial charge in [0.05, 0.1) is 10.5 Å². The molecule has 0 aliphatic heterocycles. The van der Waals surface area contributed by atoms with E-state index in [-0.39, 0.29) is 17.2 Å². The fourth-order valence-corrected chi connectivity index (χ4v) is 1.64. The first-order valence-electron chi connectivity index (χ1n) is 5.51. The second kappa shape index (κ2) is 5.22. The van der Waals surface area contributed by atoms with Gasteiger partial charge in [-0.25, -0.2) is 0 Å². The summed E-state index contributed by atoms with van der Waals surface area (Å²) in [6.45, 7) is 0. The van der Waals surface area contributed by atoms with Crippen LogP contribution in [0.1, 0.15) is 11.1 Å². The zero-order valence-electron chi connectivity index (χ0n) is 9.85. The number of hydrogen-bond acceptors (Lipinski definition) is 4. The van der Waals surface area contributed by atoms with E-state index < -0.39 is 4.92 Å². The molecule has 0 saturated carbocycles. The van der Waals surface area contributed by atoms with E-state index in [1.165, 1.54) is 24.3 Å². The van der Waals surface area contributed by atoms with Gasteiger partial charge in [-0.3, -0.25) is 10.1 Å². The van der Waals surface area contributed by atoms with Crippen molar-refractivity contribution < 1.29 is 15.1 Å². The molecule has 0 fully saturated rings. The lowest BCUT2D eigenvalue weighted by Crippen LogP contribution is -1.97. The summed E-state index contributed by atoms with van der Waals surface area (Å²) in [6.07, 6.45) is 1.34. The Balaban J connectivity index is 2.47. The number of benzene rings is 2. The molecule has 19 heavy (non-hydrogen) atoms. The van der Waals surface area contributed by atoms with Crippen LogP contribution in [0.4, 0.5) is 0 Å². The van der Waals surface area contributed by atoms with Crippen LogP contribution < -0.4 is 0 Å². The van der Waals surface area contributed by atoms with Crippen molar-refractivity contribution in [1.29, 1.82) is 0 Å². The molecule has 5 nitrogen and oxygen atoms in total. The highest BCUT2D eigenvalue weighted by atomic mass is 16.6. The quantitative estimate of drug-likeness (QED) is 0.383. The first-order chi connectivity index (χ1) is 9.08. The van der Waals surface area contributed by atoms with Gasteiger partial charge in [0.15, 0.2) is 11.5 Å². The van der Waals surface area contributed by atoms with Crippen LogP contribution >= 0.6 is 0 Å². The fourth-order valence-electron chi connectivity index (χ4n) is 1.64. The van der Waals surface area contributed by atoms with Gasteiger partial charge >= 0.3 is 0 Å². The van der Waals surface area contributed by atoms with Crippen molar-refractivity contribution >= 4 is 11.8 Å². The lowest BCUT2D eigenvalue weighted by molar-refractivity contribution is -0.374.